The molecule has 0 aliphatic carbocycles. The second kappa shape index (κ2) is 6.46. The van der Waals surface area contributed by atoms with Gasteiger partial charge in [-0.15, -0.1) is 0 Å². The fourth-order valence-electron chi connectivity index (χ4n) is 0.981. The Balaban J connectivity index is 3.45. The van der Waals surface area contributed by atoms with Gasteiger partial charge in [-0.1, -0.05) is 6.92 Å². The van der Waals surface area contributed by atoms with Crippen molar-refractivity contribution in [3.63, 3.8) is 0 Å². The van der Waals surface area contributed by atoms with E-state index in [1.807, 2.05) is 6.92 Å². The number of carbonyl (C=O) groups is 2. The number of hydrogen-bond donors (Lipinski definition) is 1. The van der Waals surface area contributed by atoms with Crippen LogP contribution in [0.5, 0.6) is 0 Å². The van der Waals surface area contributed by atoms with E-state index in [2.05, 4.69) is 4.74 Å². The van der Waals surface area contributed by atoms with Crippen LogP contribution in [-0.4, -0.2) is 24.2 Å². The average molecular weight is 188 g/mol. The molecule has 13 heavy (non-hydrogen) atoms. The molecule has 0 aliphatic rings. The number of methoxy groups -OCH3 is 1. The van der Waals surface area contributed by atoms with Gasteiger partial charge in [0.2, 0.25) is 0 Å². The second-order valence-corrected chi connectivity index (χ2v) is 3.15. The van der Waals surface area contributed by atoms with Gasteiger partial charge in [-0.3, -0.25) is 9.59 Å². The predicted molar refractivity (Wildman–Crippen MR) is 47.3 cm³/mol. The fourth-order valence-corrected chi connectivity index (χ4v) is 0.981. The van der Waals surface area contributed by atoms with Crippen molar-refractivity contribution >= 4 is 11.9 Å². The van der Waals surface area contributed by atoms with Crippen LogP contribution in [0.15, 0.2) is 0 Å². The van der Waals surface area contributed by atoms with E-state index in [1.54, 1.807) is 0 Å². The van der Waals surface area contributed by atoms with Gasteiger partial charge in [0, 0.05) is 12.8 Å². The summed E-state index contributed by atoms with van der Waals surface area (Å²) in [5.74, 6) is -0.762. The molecule has 0 heterocycles. The third-order valence-electron chi connectivity index (χ3n) is 1.92. The highest BCUT2D eigenvalue weighted by atomic mass is 16.5. The van der Waals surface area contributed by atoms with E-state index in [1.165, 1.54) is 7.11 Å². The van der Waals surface area contributed by atoms with Gasteiger partial charge >= 0.3 is 11.9 Å². The van der Waals surface area contributed by atoms with Gasteiger partial charge in [0.15, 0.2) is 0 Å². The number of carboxylic acid groups (broad SMARTS) is 1. The molecule has 0 bridgehead atoms. The molecule has 0 amide bonds. The lowest BCUT2D eigenvalue weighted by Crippen LogP contribution is -2.05. The molecule has 0 fully saturated rings. The molecule has 0 aromatic carbocycles. The summed E-state index contributed by atoms with van der Waals surface area (Å²) < 4.78 is 4.47. The topological polar surface area (TPSA) is 63.6 Å². The van der Waals surface area contributed by atoms with Crippen LogP contribution in [-0.2, 0) is 14.3 Å². The monoisotopic (exact) mass is 188 g/mol. The maximum absolute atomic E-state index is 10.7. The highest BCUT2D eigenvalue weighted by molar-refractivity contribution is 5.69. The smallest absolute Gasteiger partial charge is 0.305 e. The van der Waals surface area contributed by atoms with Crippen molar-refractivity contribution in [2.45, 2.75) is 32.6 Å². The van der Waals surface area contributed by atoms with Crippen LogP contribution in [0.2, 0.25) is 0 Å². The molecule has 4 heteroatoms. The van der Waals surface area contributed by atoms with E-state index in [0.29, 0.717) is 19.3 Å². The summed E-state index contributed by atoms with van der Waals surface area (Å²) >= 11 is 0. The summed E-state index contributed by atoms with van der Waals surface area (Å²) in [7, 11) is 1.35. The standard InChI is InChI=1S/C9H16O4/c1-7(3-5-8(10)11)4-6-9(12)13-2/h7H,3-6H2,1-2H3,(H,10,11)/t7-/m1/s1. The quantitative estimate of drug-likeness (QED) is 0.640. The van der Waals surface area contributed by atoms with E-state index >= 15 is 0 Å². The van der Waals surface area contributed by atoms with E-state index in [9.17, 15) is 9.59 Å². The number of aliphatic carboxylic acids is 1. The van der Waals surface area contributed by atoms with Gasteiger partial charge in [-0.25, -0.2) is 0 Å². The third kappa shape index (κ3) is 7.31. The molecule has 0 spiro atoms. The summed E-state index contributed by atoms with van der Waals surface area (Å²) in [6.45, 7) is 1.94. The molecular formula is C9H16O4. The molecule has 0 aromatic rings. The van der Waals surface area contributed by atoms with Crippen molar-refractivity contribution in [3.05, 3.63) is 0 Å². The minimum absolute atomic E-state index is 0.169. The fraction of sp³-hybridized carbons (Fsp3) is 0.778. The molecule has 0 aliphatic heterocycles. The Morgan fingerprint density at radius 3 is 2.31 bits per heavy atom. The normalized spacial score (nSPS) is 12.2. The highest BCUT2D eigenvalue weighted by Crippen LogP contribution is 2.12. The lowest BCUT2D eigenvalue weighted by molar-refractivity contribution is -0.140. The highest BCUT2D eigenvalue weighted by Gasteiger charge is 2.08. The van der Waals surface area contributed by atoms with Crippen LogP contribution in [0.1, 0.15) is 32.6 Å². The van der Waals surface area contributed by atoms with Crippen LogP contribution in [0.25, 0.3) is 0 Å². The molecule has 0 saturated carbocycles. The molecule has 0 radical (unpaired) electrons. The lowest BCUT2D eigenvalue weighted by Gasteiger charge is -2.07. The first-order chi connectivity index (χ1) is 6.06. The van der Waals surface area contributed by atoms with E-state index in [0.717, 1.165) is 0 Å². The molecular weight excluding hydrogens is 172 g/mol. The molecule has 0 aromatic heterocycles. The Bertz CT molecular complexity index is 176. The molecule has 0 unspecified atom stereocenters. The first-order valence-corrected chi connectivity index (χ1v) is 4.35. The molecule has 1 atom stereocenters. The van der Waals surface area contributed by atoms with Crippen molar-refractivity contribution in [3.8, 4) is 0 Å². The van der Waals surface area contributed by atoms with Crippen molar-refractivity contribution in [2.24, 2.45) is 5.92 Å². The predicted octanol–water partition coefficient (Wildman–Crippen LogP) is 1.44. The molecule has 4 nitrogen and oxygen atoms in total. The maximum Gasteiger partial charge on any atom is 0.305 e. The zero-order chi connectivity index (χ0) is 10.3. The number of hydrogen-bond acceptors (Lipinski definition) is 3. The summed E-state index contributed by atoms with van der Waals surface area (Å²) in [5.41, 5.74) is 0. The van der Waals surface area contributed by atoms with E-state index in [-0.39, 0.29) is 18.3 Å². The minimum Gasteiger partial charge on any atom is -0.481 e. The zero-order valence-electron chi connectivity index (χ0n) is 8.08. The summed E-state index contributed by atoms with van der Waals surface area (Å²) in [6.07, 6.45) is 1.85. The minimum atomic E-state index is -0.787. The van der Waals surface area contributed by atoms with Crippen LogP contribution in [0.3, 0.4) is 0 Å². The van der Waals surface area contributed by atoms with Crippen LogP contribution in [0, 0.1) is 5.92 Å². The average Bonchev–Trinajstić information content (AvgIpc) is 2.10. The summed E-state index contributed by atoms with van der Waals surface area (Å²) in [4.78, 5) is 20.9. The number of esters is 1. The van der Waals surface area contributed by atoms with Crippen LogP contribution < -0.4 is 0 Å². The van der Waals surface area contributed by atoms with Crippen molar-refractivity contribution in [2.75, 3.05) is 7.11 Å². The van der Waals surface area contributed by atoms with Crippen LogP contribution in [0.4, 0.5) is 0 Å². The van der Waals surface area contributed by atoms with Gasteiger partial charge in [-0.2, -0.15) is 0 Å². The van der Waals surface area contributed by atoms with Crippen LogP contribution >= 0.6 is 0 Å². The van der Waals surface area contributed by atoms with Gasteiger partial charge in [0.25, 0.3) is 0 Å². The van der Waals surface area contributed by atoms with E-state index in [4.69, 9.17) is 5.11 Å². The maximum atomic E-state index is 10.7. The Hall–Kier alpha value is -1.06. The number of rotatable bonds is 6. The molecule has 0 rings (SSSR count). The largest absolute Gasteiger partial charge is 0.481 e. The van der Waals surface area contributed by atoms with Gasteiger partial charge in [-0.05, 0) is 18.8 Å². The first kappa shape index (κ1) is 11.9. The summed E-state index contributed by atoms with van der Waals surface area (Å²) in [6, 6.07) is 0. The van der Waals surface area contributed by atoms with Gasteiger partial charge in [0.05, 0.1) is 7.11 Å². The Morgan fingerprint density at radius 2 is 1.85 bits per heavy atom. The molecule has 0 saturated heterocycles. The SMILES string of the molecule is COC(=O)CC[C@H](C)CCC(=O)O. The first-order valence-electron chi connectivity index (χ1n) is 4.35. The van der Waals surface area contributed by atoms with Gasteiger partial charge < -0.3 is 9.84 Å². The Morgan fingerprint density at radius 1 is 1.31 bits per heavy atom. The number of carboxylic acids is 1. The summed E-state index contributed by atoms with van der Waals surface area (Å²) in [5, 5.41) is 8.39. The molecule has 1 N–H and O–H groups in total. The van der Waals surface area contributed by atoms with Gasteiger partial charge in [0.1, 0.15) is 0 Å². The number of carbonyl (C=O) groups excluding carboxylic acids is 1. The lowest BCUT2D eigenvalue weighted by atomic mass is 10.00. The van der Waals surface area contributed by atoms with E-state index < -0.39 is 5.97 Å². The van der Waals surface area contributed by atoms with Crippen molar-refractivity contribution in [1.82, 2.24) is 0 Å². The zero-order valence-corrected chi connectivity index (χ0v) is 8.08. The second-order valence-electron chi connectivity index (χ2n) is 3.15. The number of ether oxygens (including phenoxy) is 1. The van der Waals surface area contributed by atoms with Crippen molar-refractivity contribution < 1.29 is 19.4 Å². The Labute approximate surface area is 77.9 Å². The molecule has 76 valence electrons. The Kier molecular flexibility index (Phi) is 5.93. The van der Waals surface area contributed by atoms with Crippen molar-refractivity contribution in [1.29, 1.82) is 0 Å². The third-order valence-corrected chi connectivity index (χ3v) is 1.92.